The molecule has 164 valence electrons. The summed E-state index contributed by atoms with van der Waals surface area (Å²) in [6.07, 6.45) is 0. The van der Waals surface area contributed by atoms with E-state index in [1.807, 2.05) is 0 Å². The van der Waals surface area contributed by atoms with E-state index in [1.165, 1.54) is 12.1 Å². The average molecular weight is 493 g/mol. The molecule has 0 radical (unpaired) electrons. The smallest absolute Gasteiger partial charge is 0.329 e. The molecule has 1 aliphatic heterocycles. The Morgan fingerprint density at radius 3 is 2.71 bits per heavy atom. The number of nitrogens with zero attached hydrogens (tertiary/aromatic N) is 1. The molecule has 0 aliphatic carbocycles. The summed E-state index contributed by atoms with van der Waals surface area (Å²) in [4.78, 5) is 36.1. The van der Waals surface area contributed by atoms with Crippen molar-refractivity contribution >= 4 is 33.5 Å². The molecule has 1 atom stereocenters. The zero-order valence-corrected chi connectivity index (χ0v) is 18.5. The van der Waals surface area contributed by atoms with E-state index in [0.717, 1.165) is 0 Å². The van der Waals surface area contributed by atoms with Crippen LogP contribution in [0.4, 0.5) is 5.69 Å². The summed E-state index contributed by atoms with van der Waals surface area (Å²) in [5.41, 5.74) is 1.11. The maximum atomic E-state index is 12.7. The number of carbonyl (C=O) groups excluding carboxylic acids is 2. The first kappa shape index (κ1) is 22.7. The molecule has 31 heavy (non-hydrogen) atoms. The first-order valence-electron chi connectivity index (χ1n) is 9.50. The minimum absolute atomic E-state index is 0.00237. The second-order valence-electron chi connectivity index (χ2n) is 7.24. The predicted octanol–water partition coefficient (Wildman–Crippen LogP) is 3.72. The second-order valence-corrected chi connectivity index (χ2v) is 8.10. The maximum Gasteiger partial charge on any atom is 0.329 e. The Balaban J connectivity index is 1.75. The highest BCUT2D eigenvalue weighted by Crippen LogP contribution is 2.33. The molecule has 0 spiro atoms. The van der Waals surface area contributed by atoms with E-state index in [4.69, 9.17) is 14.2 Å². The number of nitro benzene ring substituents is 1. The van der Waals surface area contributed by atoms with Gasteiger partial charge in [-0.25, -0.2) is 4.79 Å². The summed E-state index contributed by atoms with van der Waals surface area (Å²) in [5, 5.41) is 13.9. The summed E-state index contributed by atoms with van der Waals surface area (Å²) < 4.78 is 16.6. The molecule has 1 aliphatic rings. The van der Waals surface area contributed by atoms with Crippen molar-refractivity contribution < 1.29 is 28.7 Å². The van der Waals surface area contributed by atoms with Gasteiger partial charge < -0.3 is 19.5 Å². The van der Waals surface area contributed by atoms with Gasteiger partial charge in [0.25, 0.3) is 11.6 Å². The minimum atomic E-state index is -0.904. The highest BCUT2D eigenvalue weighted by molar-refractivity contribution is 9.10. The lowest BCUT2D eigenvalue weighted by atomic mass is 10.0. The van der Waals surface area contributed by atoms with Gasteiger partial charge in [0.15, 0.2) is 6.79 Å². The summed E-state index contributed by atoms with van der Waals surface area (Å²) in [6, 6.07) is 8.64. The standard InChI is InChI=1S/C21H21BrN2O7/c1-12(2)18(23-20(25)16-5-3-4-6-17(16)22)21(26)30-10-14-8-15(24(27)28)7-13-9-29-11-31-19(13)14/h3-8,12,18H,9-11H2,1-2H3,(H,23,25). The van der Waals surface area contributed by atoms with Crippen LogP contribution in [0.15, 0.2) is 40.9 Å². The lowest BCUT2D eigenvalue weighted by Gasteiger charge is -2.23. The number of nitrogens with one attached hydrogen (secondary N) is 1. The minimum Gasteiger partial charge on any atom is -0.467 e. The molecule has 1 unspecified atom stereocenters. The number of halogens is 1. The van der Waals surface area contributed by atoms with Crippen molar-refractivity contribution in [1.82, 2.24) is 5.32 Å². The lowest BCUT2D eigenvalue weighted by Crippen LogP contribution is -2.45. The van der Waals surface area contributed by atoms with Gasteiger partial charge in [-0.15, -0.1) is 0 Å². The Kier molecular flexibility index (Phi) is 7.24. The number of non-ortho nitro benzene ring substituents is 1. The number of hydrogen-bond acceptors (Lipinski definition) is 7. The van der Waals surface area contributed by atoms with E-state index in [-0.39, 0.29) is 31.6 Å². The number of esters is 1. The Morgan fingerprint density at radius 1 is 1.29 bits per heavy atom. The molecule has 0 saturated carbocycles. The predicted molar refractivity (Wildman–Crippen MR) is 113 cm³/mol. The van der Waals surface area contributed by atoms with Crippen LogP contribution in [0.1, 0.15) is 35.3 Å². The molecule has 0 saturated heterocycles. The summed E-state index contributed by atoms with van der Waals surface area (Å²) in [7, 11) is 0. The molecule has 1 amide bonds. The quantitative estimate of drug-likeness (QED) is 0.355. The molecule has 0 aromatic heterocycles. The van der Waals surface area contributed by atoms with Crippen LogP contribution in [-0.2, 0) is 27.5 Å². The number of nitro groups is 1. The number of ether oxygens (including phenoxy) is 3. The van der Waals surface area contributed by atoms with E-state index in [0.29, 0.717) is 26.9 Å². The van der Waals surface area contributed by atoms with Crippen LogP contribution in [0.25, 0.3) is 0 Å². The van der Waals surface area contributed by atoms with Crippen LogP contribution in [0.5, 0.6) is 5.75 Å². The molecule has 9 nitrogen and oxygen atoms in total. The zero-order chi connectivity index (χ0) is 22.5. The Morgan fingerprint density at radius 2 is 2.03 bits per heavy atom. The Bertz CT molecular complexity index is 1010. The van der Waals surface area contributed by atoms with Crippen molar-refractivity contribution in [2.45, 2.75) is 33.1 Å². The number of hydrogen-bond donors (Lipinski definition) is 1. The van der Waals surface area contributed by atoms with Crippen molar-refractivity contribution in [3.8, 4) is 5.75 Å². The molecule has 0 bridgehead atoms. The van der Waals surface area contributed by atoms with Gasteiger partial charge in [-0.3, -0.25) is 14.9 Å². The van der Waals surface area contributed by atoms with Gasteiger partial charge in [0.1, 0.15) is 18.4 Å². The largest absolute Gasteiger partial charge is 0.467 e. The van der Waals surface area contributed by atoms with Crippen molar-refractivity contribution in [2.24, 2.45) is 5.92 Å². The van der Waals surface area contributed by atoms with E-state index < -0.39 is 22.8 Å². The van der Waals surface area contributed by atoms with Crippen molar-refractivity contribution in [1.29, 1.82) is 0 Å². The third-order valence-corrected chi connectivity index (χ3v) is 5.37. The zero-order valence-electron chi connectivity index (χ0n) is 16.9. The van der Waals surface area contributed by atoms with Gasteiger partial charge >= 0.3 is 5.97 Å². The molecule has 1 N–H and O–H groups in total. The molecule has 2 aromatic rings. The van der Waals surface area contributed by atoms with Crippen LogP contribution in [0.2, 0.25) is 0 Å². The highest BCUT2D eigenvalue weighted by Gasteiger charge is 2.28. The SMILES string of the molecule is CC(C)C(NC(=O)c1ccccc1Br)C(=O)OCc1cc([N+](=O)[O-])cc2c1OCOC2. The van der Waals surface area contributed by atoms with Crippen LogP contribution < -0.4 is 10.1 Å². The lowest BCUT2D eigenvalue weighted by molar-refractivity contribution is -0.385. The second kappa shape index (κ2) is 9.88. The normalized spacial score (nSPS) is 13.7. The van der Waals surface area contributed by atoms with Gasteiger partial charge in [-0.2, -0.15) is 0 Å². The Labute approximate surface area is 187 Å². The van der Waals surface area contributed by atoms with E-state index in [1.54, 1.807) is 38.1 Å². The molecule has 0 fully saturated rings. The first-order valence-corrected chi connectivity index (χ1v) is 10.3. The molecular formula is C21H21BrN2O7. The van der Waals surface area contributed by atoms with Crippen molar-refractivity contribution in [2.75, 3.05) is 6.79 Å². The number of fused-ring (bicyclic) bond motifs is 1. The van der Waals surface area contributed by atoms with Gasteiger partial charge in [0.2, 0.25) is 0 Å². The molecule has 10 heteroatoms. The number of amides is 1. The summed E-state index contributed by atoms with van der Waals surface area (Å²) in [5.74, 6) is -0.912. The van der Waals surface area contributed by atoms with E-state index in [2.05, 4.69) is 21.2 Å². The fourth-order valence-corrected chi connectivity index (χ4v) is 3.56. The van der Waals surface area contributed by atoms with Crippen molar-refractivity contribution in [3.63, 3.8) is 0 Å². The van der Waals surface area contributed by atoms with Gasteiger partial charge in [-0.05, 0) is 34.0 Å². The fraction of sp³-hybridized carbons (Fsp3) is 0.333. The molecule has 1 heterocycles. The summed E-state index contributed by atoms with van der Waals surface area (Å²) >= 11 is 3.32. The molecular weight excluding hydrogens is 472 g/mol. The van der Waals surface area contributed by atoms with E-state index in [9.17, 15) is 19.7 Å². The van der Waals surface area contributed by atoms with Crippen molar-refractivity contribution in [3.05, 3.63) is 67.7 Å². The van der Waals surface area contributed by atoms with Gasteiger partial charge in [0.05, 0.1) is 17.1 Å². The number of rotatable bonds is 7. The highest BCUT2D eigenvalue weighted by atomic mass is 79.9. The van der Waals surface area contributed by atoms with E-state index >= 15 is 0 Å². The topological polar surface area (TPSA) is 117 Å². The maximum absolute atomic E-state index is 12.7. The molecule has 3 rings (SSSR count). The first-order chi connectivity index (χ1) is 14.8. The van der Waals surface area contributed by atoms with Crippen LogP contribution >= 0.6 is 15.9 Å². The fourth-order valence-electron chi connectivity index (χ4n) is 3.09. The van der Waals surface area contributed by atoms with Gasteiger partial charge in [0, 0.05) is 27.7 Å². The van der Waals surface area contributed by atoms with Crippen LogP contribution in [0, 0.1) is 16.0 Å². The van der Waals surface area contributed by atoms with Crippen LogP contribution in [-0.4, -0.2) is 29.6 Å². The number of carbonyl (C=O) groups is 2. The summed E-state index contributed by atoms with van der Waals surface area (Å²) in [6.45, 7) is 3.48. The monoisotopic (exact) mass is 492 g/mol. The average Bonchev–Trinajstić information content (AvgIpc) is 2.75. The third kappa shape index (κ3) is 5.39. The Hall–Kier alpha value is -2.98. The van der Waals surface area contributed by atoms with Gasteiger partial charge in [-0.1, -0.05) is 26.0 Å². The van der Waals surface area contributed by atoms with Crippen LogP contribution in [0.3, 0.4) is 0 Å². The number of benzene rings is 2. The molecule has 2 aromatic carbocycles. The third-order valence-electron chi connectivity index (χ3n) is 4.68.